The molecule has 2 aromatic rings. The Morgan fingerprint density at radius 2 is 1.94 bits per heavy atom. The normalized spacial score (nSPS) is 14.8. The number of thioether (sulfide) groups is 1. The number of benzene rings is 1. The smallest absolute Gasteiger partial charge is 0.230 e. The second kappa shape index (κ2) is 11.6. The van der Waals surface area contributed by atoms with E-state index in [9.17, 15) is 4.79 Å². The molecule has 0 atom stereocenters. The predicted molar refractivity (Wildman–Crippen MR) is 126 cm³/mol. The van der Waals surface area contributed by atoms with E-state index in [-0.39, 0.29) is 12.5 Å². The fraction of sp³-hybridized carbons (Fsp3) is 0.522. The van der Waals surface area contributed by atoms with Gasteiger partial charge in [-0.15, -0.1) is 16.8 Å². The molecular formula is C23H31ClN4O2S. The monoisotopic (exact) mass is 462 g/mol. The van der Waals surface area contributed by atoms with Gasteiger partial charge in [0.2, 0.25) is 5.91 Å². The maximum atomic E-state index is 12.4. The van der Waals surface area contributed by atoms with Crippen LogP contribution in [0.25, 0.3) is 0 Å². The lowest BCUT2D eigenvalue weighted by atomic mass is 10.1. The van der Waals surface area contributed by atoms with Gasteiger partial charge in [0, 0.05) is 17.6 Å². The zero-order valence-corrected chi connectivity index (χ0v) is 19.9. The summed E-state index contributed by atoms with van der Waals surface area (Å²) in [6.07, 6.45) is 8.88. The van der Waals surface area contributed by atoms with Crippen LogP contribution in [0.3, 0.4) is 0 Å². The highest BCUT2D eigenvalue weighted by Crippen LogP contribution is 2.27. The van der Waals surface area contributed by atoms with Crippen LogP contribution in [0.1, 0.15) is 55.5 Å². The van der Waals surface area contributed by atoms with Crippen molar-refractivity contribution < 1.29 is 9.53 Å². The van der Waals surface area contributed by atoms with Crippen LogP contribution in [0.5, 0.6) is 5.75 Å². The van der Waals surface area contributed by atoms with Crippen molar-refractivity contribution in [3.05, 3.63) is 46.8 Å². The third-order valence-corrected chi connectivity index (χ3v) is 7.00. The SMILES string of the molecule is C=CCn1c(COc2cc(C)c(Cl)c(C)c2)nnc1SCC(=O)NC1CCCCCC1. The number of carbonyl (C=O) groups excluding carboxylic acids is 1. The first-order valence-electron chi connectivity index (χ1n) is 10.8. The number of rotatable bonds is 9. The van der Waals surface area contributed by atoms with Crippen LogP contribution in [-0.2, 0) is 17.9 Å². The van der Waals surface area contributed by atoms with Gasteiger partial charge >= 0.3 is 0 Å². The van der Waals surface area contributed by atoms with Crippen LogP contribution in [-0.4, -0.2) is 32.5 Å². The van der Waals surface area contributed by atoms with Crippen LogP contribution >= 0.6 is 23.4 Å². The number of nitrogens with one attached hydrogen (secondary N) is 1. The molecule has 168 valence electrons. The van der Waals surface area contributed by atoms with Gasteiger partial charge in [-0.3, -0.25) is 9.36 Å². The highest BCUT2D eigenvalue weighted by atomic mass is 35.5. The van der Waals surface area contributed by atoms with E-state index in [0.717, 1.165) is 34.7 Å². The molecular weight excluding hydrogens is 432 g/mol. The van der Waals surface area contributed by atoms with Gasteiger partial charge in [0.1, 0.15) is 12.4 Å². The zero-order chi connectivity index (χ0) is 22.2. The average molecular weight is 463 g/mol. The Kier molecular flexibility index (Phi) is 8.84. The summed E-state index contributed by atoms with van der Waals surface area (Å²) in [6.45, 7) is 8.57. The summed E-state index contributed by atoms with van der Waals surface area (Å²) in [5.41, 5.74) is 1.94. The van der Waals surface area contributed by atoms with Crippen molar-refractivity contribution in [1.29, 1.82) is 0 Å². The Morgan fingerprint density at radius 3 is 2.58 bits per heavy atom. The third kappa shape index (κ3) is 6.74. The van der Waals surface area contributed by atoms with Crippen molar-refractivity contribution in [2.45, 2.75) is 76.7 Å². The lowest BCUT2D eigenvalue weighted by Crippen LogP contribution is -2.35. The average Bonchev–Trinajstić information content (AvgIpc) is 2.93. The van der Waals surface area contributed by atoms with Crippen molar-refractivity contribution in [1.82, 2.24) is 20.1 Å². The number of halogens is 1. The molecule has 0 radical (unpaired) electrons. The molecule has 1 aliphatic carbocycles. The Hall–Kier alpha value is -1.99. The maximum absolute atomic E-state index is 12.4. The quantitative estimate of drug-likeness (QED) is 0.313. The van der Waals surface area contributed by atoms with Crippen molar-refractivity contribution in [2.24, 2.45) is 0 Å². The van der Waals surface area contributed by atoms with Gasteiger partial charge in [-0.1, -0.05) is 55.1 Å². The lowest BCUT2D eigenvalue weighted by molar-refractivity contribution is -0.119. The predicted octanol–water partition coefficient (Wildman–Crippen LogP) is 5.24. The number of carbonyl (C=O) groups is 1. The fourth-order valence-electron chi connectivity index (χ4n) is 3.81. The molecule has 0 unspecified atom stereocenters. The Morgan fingerprint density at radius 1 is 1.26 bits per heavy atom. The van der Waals surface area contributed by atoms with E-state index in [4.69, 9.17) is 16.3 Å². The van der Waals surface area contributed by atoms with Crippen molar-refractivity contribution in [3.8, 4) is 5.75 Å². The number of amides is 1. The van der Waals surface area contributed by atoms with E-state index >= 15 is 0 Å². The molecule has 1 aromatic heterocycles. The molecule has 1 heterocycles. The Balaban J connectivity index is 1.59. The number of allylic oxidation sites excluding steroid dienone is 1. The van der Waals surface area contributed by atoms with Crippen LogP contribution in [0.2, 0.25) is 5.02 Å². The number of aryl methyl sites for hydroxylation is 2. The molecule has 3 rings (SSSR count). The minimum absolute atomic E-state index is 0.0509. The van der Waals surface area contributed by atoms with E-state index in [1.165, 1.54) is 37.4 Å². The minimum Gasteiger partial charge on any atom is -0.486 e. The first-order valence-corrected chi connectivity index (χ1v) is 12.2. The van der Waals surface area contributed by atoms with E-state index in [1.54, 1.807) is 6.08 Å². The standard InChI is InChI=1S/C23H31ClN4O2S/c1-4-11-28-20(14-30-19-12-16(2)22(24)17(3)13-19)26-27-23(28)31-15-21(29)25-18-9-7-5-6-8-10-18/h4,12-13,18H,1,5-11,14-15H2,2-3H3,(H,25,29). The molecule has 1 N–H and O–H groups in total. The number of aromatic nitrogens is 3. The summed E-state index contributed by atoms with van der Waals surface area (Å²) in [5, 5.41) is 13.2. The molecule has 0 aliphatic heterocycles. The van der Waals surface area contributed by atoms with Gasteiger partial charge < -0.3 is 10.1 Å². The second-order valence-electron chi connectivity index (χ2n) is 8.00. The molecule has 6 nitrogen and oxygen atoms in total. The van der Waals surface area contributed by atoms with E-state index in [0.29, 0.717) is 29.3 Å². The van der Waals surface area contributed by atoms with E-state index in [2.05, 4.69) is 22.1 Å². The minimum atomic E-state index is 0.0509. The van der Waals surface area contributed by atoms with Crippen LogP contribution in [0.15, 0.2) is 29.9 Å². The molecule has 0 saturated heterocycles. The van der Waals surface area contributed by atoms with Crippen LogP contribution in [0.4, 0.5) is 0 Å². The lowest BCUT2D eigenvalue weighted by Gasteiger charge is -2.16. The molecule has 31 heavy (non-hydrogen) atoms. The van der Waals surface area contributed by atoms with Gasteiger partial charge in [-0.25, -0.2) is 0 Å². The van der Waals surface area contributed by atoms with E-state index < -0.39 is 0 Å². The summed E-state index contributed by atoms with van der Waals surface area (Å²) in [7, 11) is 0. The second-order valence-corrected chi connectivity index (χ2v) is 9.32. The number of hydrogen-bond acceptors (Lipinski definition) is 5. The van der Waals surface area contributed by atoms with E-state index in [1.807, 2.05) is 30.5 Å². The van der Waals surface area contributed by atoms with Gasteiger partial charge in [-0.05, 0) is 49.9 Å². The summed E-state index contributed by atoms with van der Waals surface area (Å²) in [6, 6.07) is 4.13. The number of nitrogens with zero attached hydrogens (tertiary/aromatic N) is 3. The first-order chi connectivity index (χ1) is 15.0. The fourth-order valence-corrected chi connectivity index (χ4v) is 4.69. The summed E-state index contributed by atoms with van der Waals surface area (Å²) in [5.74, 6) is 1.80. The number of hydrogen-bond donors (Lipinski definition) is 1. The number of ether oxygens (including phenoxy) is 1. The molecule has 1 aromatic carbocycles. The molecule has 1 amide bonds. The van der Waals surface area contributed by atoms with Gasteiger partial charge in [-0.2, -0.15) is 0 Å². The highest BCUT2D eigenvalue weighted by Gasteiger charge is 2.17. The molecule has 1 saturated carbocycles. The molecule has 0 bridgehead atoms. The highest BCUT2D eigenvalue weighted by molar-refractivity contribution is 7.99. The third-order valence-electron chi connectivity index (χ3n) is 5.44. The van der Waals surface area contributed by atoms with Crippen LogP contribution in [0, 0.1) is 13.8 Å². The Labute approximate surface area is 193 Å². The molecule has 8 heteroatoms. The summed E-state index contributed by atoms with van der Waals surface area (Å²) < 4.78 is 7.88. The zero-order valence-electron chi connectivity index (χ0n) is 18.3. The maximum Gasteiger partial charge on any atom is 0.230 e. The molecule has 1 fully saturated rings. The summed E-state index contributed by atoms with van der Waals surface area (Å²) in [4.78, 5) is 12.4. The first kappa shape index (κ1) is 23.7. The van der Waals surface area contributed by atoms with Crippen LogP contribution < -0.4 is 10.1 Å². The van der Waals surface area contributed by atoms with Gasteiger partial charge in [0.25, 0.3) is 0 Å². The Bertz CT molecular complexity index is 884. The van der Waals surface area contributed by atoms with Gasteiger partial charge in [0.05, 0.1) is 5.75 Å². The largest absolute Gasteiger partial charge is 0.486 e. The molecule has 1 aliphatic rings. The van der Waals surface area contributed by atoms with Crippen molar-refractivity contribution >= 4 is 29.3 Å². The van der Waals surface area contributed by atoms with Crippen molar-refractivity contribution in [2.75, 3.05) is 5.75 Å². The topological polar surface area (TPSA) is 69.0 Å². The van der Waals surface area contributed by atoms with Crippen molar-refractivity contribution in [3.63, 3.8) is 0 Å². The molecule has 0 spiro atoms. The van der Waals surface area contributed by atoms with Gasteiger partial charge in [0.15, 0.2) is 11.0 Å². The summed E-state index contributed by atoms with van der Waals surface area (Å²) >= 11 is 7.63.